The molecule has 2 heterocycles. The molecule has 10 heteroatoms. The van der Waals surface area contributed by atoms with Crippen molar-refractivity contribution >= 4 is 17.8 Å². The molecule has 0 radical (unpaired) electrons. The highest BCUT2D eigenvalue weighted by atomic mass is 16.5. The van der Waals surface area contributed by atoms with Crippen LogP contribution in [-0.2, 0) is 20.9 Å². The maximum absolute atomic E-state index is 12.5. The lowest BCUT2D eigenvalue weighted by Gasteiger charge is -2.41. The topological polar surface area (TPSA) is 117 Å². The molecule has 1 aliphatic heterocycles. The predicted molar refractivity (Wildman–Crippen MR) is 143 cm³/mol. The van der Waals surface area contributed by atoms with Crippen molar-refractivity contribution in [1.82, 2.24) is 15.2 Å². The third-order valence-electron chi connectivity index (χ3n) is 6.27. The van der Waals surface area contributed by atoms with Crippen LogP contribution >= 0.6 is 0 Å². The van der Waals surface area contributed by atoms with Crippen molar-refractivity contribution in [2.75, 3.05) is 51.4 Å². The van der Waals surface area contributed by atoms with E-state index in [9.17, 15) is 14.9 Å². The molecule has 1 atom stereocenters. The second kappa shape index (κ2) is 14.2. The summed E-state index contributed by atoms with van der Waals surface area (Å²) in [4.78, 5) is 33.2. The van der Waals surface area contributed by atoms with E-state index in [4.69, 9.17) is 19.2 Å². The van der Waals surface area contributed by atoms with Gasteiger partial charge < -0.3 is 29.3 Å². The Morgan fingerprint density at radius 1 is 1.21 bits per heavy atom. The maximum atomic E-state index is 12.5. The first-order valence-corrected chi connectivity index (χ1v) is 12.9. The van der Waals surface area contributed by atoms with E-state index in [0.717, 1.165) is 11.3 Å². The molecular weight excluding hydrogens is 486 g/mol. The van der Waals surface area contributed by atoms with Gasteiger partial charge in [0.15, 0.2) is 0 Å². The van der Waals surface area contributed by atoms with E-state index in [1.165, 1.54) is 0 Å². The molecule has 204 valence electrons. The zero-order valence-electron chi connectivity index (χ0n) is 22.6. The van der Waals surface area contributed by atoms with Crippen LogP contribution in [0.25, 0.3) is 0 Å². The average molecular weight is 524 g/mol. The lowest BCUT2D eigenvalue weighted by molar-refractivity contribution is -0.134. The van der Waals surface area contributed by atoms with Crippen LogP contribution in [0.3, 0.4) is 0 Å². The number of amides is 2. The van der Waals surface area contributed by atoms with E-state index in [2.05, 4.69) is 16.3 Å². The first kappa shape index (κ1) is 28.7. The smallest absolute Gasteiger partial charge is 0.407 e. The van der Waals surface area contributed by atoms with Gasteiger partial charge in [-0.2, -0.15) is 5.26 Å². The van der Waals surface area contributed by atoms with Crippen molar-refractivity contribution < 1.29 is 23.8 Å². The summed E-state index contributed by atoms with van der Waals surface area (Å²) < 4.78 is 16.2. The van der Waals surface area contributed by atoms with Crippen molar-refractivity contribution in [3.8, 4) is 11.8 Å². The van der Waals surface area contributed by atoms with Gasteiger partial charge in [-0.05, 0) is 18.4 Å². The Labute approximate surface area is 224 Å². The number of anilines is 1. The van der Waals surface area contributed by atoms with Gasteiger partial charge in [0.25, 0.3) is 0 Å². The summed E-state index contributed by atoms with van der Waals surface area (Å²) in [5.41, 5.74) is 2.05. The summed E-state index contributed by atoms with van der Waals surface area (Å²) >= 11 is 0. The monoisotopic (exact) mass is 523 g/mol. The number of hydrogen-bond donors (Lipinski definition) is 1. The highest BCUT2D eigenvalue weighted by molar-refractivity contribution is 5.77. The van der Waals surface area contributed by atoms with E-state index < -0.39 is 6.09 Å². The number of nitrogens with one attached hydrogen (secondary N) is 1. The number of ether oxygens (including phenoxy) is 3. The van der Waals surface area contributed by atoms with Gasteiger partial charge in [0.1, 0.15) is 30.9 Å². The lowest BCUT2D eigenvalue weighted by atomic mass is 10.1. The number of carbonyl (C=O) groups excluding carboxylic acids is 2. The Hall–Kier alpha value is -3.84. The van der Waals surface area contributed by atoms with Gasteiger partial charge in [-0.25, -0.2) is 9.78 Å². The van der Waals surface area contributed by atoms with Crippen LogP contribution in [0.5, 0.6) is 5.75 Å². The molecule has 38 heavy (non-hydrogen) atoms. The zero-order chi connectivity index (χ0) is 27.5. The summed E-state index contributed by atoms with van der Waals surface area (Å²) in [6.07, 6.45) is -0.173. The summed E-state index contributed by atoms with van der Waals surface area (Å²) in [6, 6.07) is 13.4. The Balaban J connectivity index is 1.60. The van der Waals surface area contributed by atoms with Crippen molar-refractivity contribution in [3.05, 3.63) is 53.2 Å². The van der Waals surface area contributed by atoms with Gasteiger partial charge in [-0.1, -0.05) is 44.2 Å². The first-order valence-electron chi connectivity index (χ1n) is 12.9. The van der Waals surface area contributed by atoms with Crippen molar-refractivity contribution in [2.24, 2.45) is 0 Å². The van der Waals surface area contributed by atoms with Crippen LogP contribution in [0.1, 0.15) is 49.9 Å². The second-order valence-corrected chi connectivity index (χ2v) is 9.47. The number of piperazine rings is 1. The van der Waals surface area contributed by atoms with Gasteiger partial charge in [-0.3, -0.25) is 4.79 Å². The fourth-order valence-corrected chi connectivity index (χ4v) is 4.29. The van der Waals surface area contributed by atoms with Gasteiger partial charge in [0.2, 0.25) is 5.91 Å². The van der Waals surface area contributed by atoms with E-state index in [1.807, 2.05) is 56.0 Å². The Morgan fingerprint density at radius 2 is 1.97 bits per heavy atom. The van der Waals surface area contributed by atoms with E-state index >= 15 is 0 Å². The Kier molecular flexibility index (Phi) is 10.7. The lowest BCUT2D eigenvalue weighted by Crippen LogP contribution is -2.54. The van der Waals surface area contributed by atoms with Crippen LogP contribution in [0, 0.1) is 11.3 Å². The van der Waals surface area contributed by atoms with Crippen LogP contribution in [0.2, 0.25) is 0 Å². The number of nitrogens with zero attached hydrogens (tertiary/aromatic N) is 4. The number of aromatic nitrogens is 1. The third kappa shape index (κ3) is 7.83. The Morgan fingerprint density at radius 3 is 2.63 bits per heavy atom. The number of pyridine rings is 1. The predicted octanol–water partition coefficient (Wildman–Crippen LogP) is 3.46. The molecule has 0 saturated carbocycles. The van der Waals surface area contributed by atoms with Gasteiger partial charge in [-0.15, -0.1) is 0 Å². The summed E-state index contributed by atoms with van der Waals surface area (Å²) in [5.74, 6) is 1.23. The summed E-state index contributed by atoms with van der Waals surface area (Å²) in [5, 5.41) is 12.6. The molecule has 0 bridgehead atoms. The number of alkyl carbamates (subject to hydrolysis) is 1. The molecule has 2 aromatic rings. The molecule has 0 aliphatic carbocycles. The molecule has 1 fully saturated rings. The third-order valence-corrected chi connectivity index (χ3v) is 6.27. The standard InChI is InChI=1S/C28H37N5O5/c1-20(2)26-24(37-15-11-30-28(35)38-19-22-8-6-5-7-9-22)16-23(17-29)27(31-26)32-12-13-33(21(3)18-32)25(34)10-14-36-4/h5-9,16,20-21H,10-15,18-19H2,1-4H3,(H,30,35)/t21-/m1/s1. The van der Waals surface area contributed by atoms with Crippen LogP contribution in [0.15, 0.2) is 36.4 Å². The number of rotatable bonds is 11. The molecule has 0 unspecified atom stereocenters. The largest absolute Gasteiger partial charge is 0.490 e. The molecule has 1 aromatic carbocycles. The van der Waals surface area contributed by atoms with Crippen molar-refractivity contribution in [1.29, 1.82) is 5.26 Å². The molecule has 3 rings (SSSR count). The highest BCUT2D eigenvalue weighted by Crippen LogP contribution is 2.32. The molecule has 0 spiro atoms. The van der Waals surface area contributed by atoms with E-state index in [-0.39, 0.29) is 37.6 Å². The quantitative estimate of drug-likeness (QED) is 0.445. The molecule has 2 amide bonds. The van der Waals surface area contributed by atoms with Crippen LogP contribution < -0.4 is 15.0 Å². The number of nitriles is 1. The van der Waals surface area contributed by atoms with Gasteiger partial charge >= 0.3 is 6.09 Å². The number of benzene rings is 1. The second-order valence-electron chi connectivity index (χ2n) is 9.47. The van der Waals surface area contributed by atoms with Gasteiger partial charge in [0, 0.05) is 38.9 Å². The molecule has 10 nitrogen and oxygen atoms in total. The first-order chi connectivity index (χ1) is 18.3. The molecule has 1 aliphatic rings. The van der Waals surface area contributed by atoms with Crippen LogP contribution in [-0.4, -0.2) is 74.4 Å². The maximum Gasteiger partial charge on any atom is 0.407 e. The summed E-state index contributed by atoms with van der Waals surface area (Å²) in [6.45, 7) is 8.77. The van der Waals surface area contributed by atoms with E-state index in [0.29, 0.717) is 49.8 Å². The minimum atomic E-state index is -0.526. The molecular formula is C28H37N5O5. The van der Waals surface area contributed by atoms with Crippen LogP contribution in [0.4, 0.5) is 10.6 Å². The molecule has 1 N–H and O–H groups in total. The normalized spacial score (nSPS) is 15.2. The number of carbonyl (C=O) groups is 2. The number of methoxy groups -OCH3 is 1. The van der Waals surface area contributed by atoms with E-state index in [1.54, 1.807) is 13.2 Å². The Bertz CT molecular complexity index is 1120. The average Bonchev–Trinajstić information content (AvgIpc) is 2.92. The van der Waals surface area contributed by atoms with Crippen molar-refractivity contribution in [2.45, 2.75) is 45.8 Å². The fraction of sp³-hybridized carbons (Fsp3) is 0.500. The minimum Gasteiger partial charge on any atom is -0.490 e. The summed E-state index contributed by atoms with van der Waals surface area (Å²) in [7, 11) is 1.58. The van der Waals surface area contributed by atoms with Gasteiger partial charge in [0.05, 0.1) is 30.8 Å². The highest BCUT2D eigenvalue weighted by Gasteiger charge is 2.30. The fourth-order valence-electron chi connectivity index (χ4n) is 4.29. The molecule has 1 aromatic heterocycles. The van der Waals surface area contributed by atoms with Crippen molar-refractivity contribution in [3.63, 3.8) is 0 Å². The minimum absolute atomic E-state index is 0.0207. The SMILES string of the molecule is COCCC(=O)N1CCN(c2nc(C(C)C)c(OCCNC(=O)OCc3ccccc3)cc2C#N)C[C@H]1C. The number of hydrogen-bond acceptors (Lipinski definition) is 8. The molecule has 1 saturated heterocycles. The zero-order valence-corrected chi connectivity index (χ0v) is 22.6.